The molecule has 0 amide bonds. The van der Waals surface area contributed by atoms with Crippen LogP contribution in [0.5, 0.6) is 0 Å². The van der Waals surface area contributed by atoms with Gasteiger partial charge in [0.25, 0.3) is 0 Å². The van der Waals surface area contributed by atoms with E-state index in [2.05, 4.69) is 0 Å². The van der Waals surface area contributed by atoms with Gasteiger partial charge in [-0.1, -0.05) is 58.5 Å². The van der Waals surface area contributed by atoms with Gasteiger partial charge in [-0.05, 0) is 45.0 Å². The summed E-state index contributed by atoms with van der Waals surface area (Å²) < 4.78 is 53.9. The number of rotatable bonds is 4. The van der Waals surface area contributed by atoms with Crippen LogP contribution in [0.4, 0.5) is 0 Å². The Morgan fingerprint density at radius 1 is 0.714 bits per heavy atom. The summed E-state index contributed by atoms with van der Waals surface area (Å²) in [6, 6.07) is 8.81. The molecular formula is C21H24Cl4N2O6S2. The van der Waals surface area contributed by atoms with Crippen molar-refractivity contribution in [1.82, 2.24) is 8.61 Å². The van der Waals surface area contributed by atoms with E-state index in [4.69, 9.17) is 51.5 Å². The first-order valence-corrected chi connectivity index (χ1v) is 14.5. The molecule has 14 heteroatoms. The Balaban J connectivity index is 0.000000540. The number of hydrogen-bond acceptors (Lipinski definition) is 5. The van der Waals surface area contributed by atoms with E-state index in [9.17, 15) is 21.6 Å². The van der Waals surface area contributed by atoms with Crippen molar-refractivity contribution in [1.29, 1.82) is 0 Å². The summed E-state index contributed by atoms with van der Waals surface area (Å²) in [6.45, 7) is 4.73. The van der Waals surface area contributed by atoms with E-state index in [0.717, 1.165) is 8.61 Å². The summed E-state index contributed by atoms with van der Waals surface area (Å²) in [4.78, 5) is 9.64. The Morgan fingerprint density at radius 2 is 0.943 bits per heavy atom. The molecule has 0 aliphatic carbocycles. The average molecular weight is 606 g/mol. The van der Waals surface area contributed by atoms with Crippen LogP contribution in [0.2, 0.25) is 20.1 Å². The highest BCUT2D eigenvalue weighted by Gasteiger charge is 2.37. The third kappa shape index (κ3) is 7.01. The van der Waals surface area contributed by atoms with Crippen LogP contribution >= 0.6 is 46.4 Å². The number of carboxylic acid groups (broad SMARTS) is 1. The minimum Gasteiger partial charge on any atom is -0.481 e. The molecule has 0 unspecified atom stereocenters. The minimum atomic E-state index is -3.98. The van der Waals surface area contributed by atoms with E-state index in [0.29, 0.717) is 0 Å². The molecule has 0 spiro atoms. The van der Waals surface area contributed by atoms with Crippen molar-refractivity contribution in [2.45, 2.75) is 30.6 Å². The highest BCUT2D eigenvalue weighted by Crippen LogP contribution is 2.34. The first kappa shape index (κ1) is 30.1. The normalized spacial score (nSPS) is 15.9. The number of halogens is 4. The van der Waals surface area contributed by atoms with E-state index in [1.807, 2.05) is 0 Å². The van der Waals surface area contributed by atoms with Gasteiger partial charge >= 0.3 is 5.97 Å². The lowest BCUT2D eigenvalue weighted by atomic mass is 9.98. The Kier molecular flexibility index (Phi) is 9.91. The monoisotopic (exact) mass is 604 g/mol. The van der Waals surface area contributed by atoms with Crippen LogP contribution in [0.15, 0.2) is 46.2 Å². The molecule has 1 fully saturated rings. The van der Waals surface area contributed by atoms with Gasteiger partial charge < -0.3 is 5.11 Å². The van der Waals surface area contributed by atoms with Gasteiger partial charge in [0.05, 0.1) is 25.5 Å². The van der Waals surface area contributed by atoms with Crippen LogP contribution < -0.4 is 0 Å². The molecule has 2 aromatic rings. The summed E-state index contributed by atoms with van der Waals surface area (Å²) in [5, 5.41) is 8.27. The van der Waals surface area contributed by atoms with Gasteiger partial charge in [0.2, 0.25) is 20.0 Å². The lowest BCUT2D eigenvalue weighted by Crippen LogP contribution is -2.50. The van der Waals surface area contributed by atoms with Crippen LogP contribution in [0.3, 0.4) is 0 Å². The largest absolute Gasteiger partial charge is 0.481 e. The quantitative estimate of drug-likeness (QED) is 0.518. The lowest BCUT2D eigenvalue weighted by molar-refractivity contribution is -0.145. The predicted molar refractivity (Wildman–Crippen MR) is 138 cm³/mol. The van der Waals surface area contributed by atoms with Crippen LogP contribution in [-0.4, -0.2) is 62.7 Å². The van der Waals surface area contributed by atoms with Crippen LogP contribution in [0, 0.1) is 5.41 Å². The molecule has 1 aliphatic rings. The van der Waals surface area contributed by atoms with E-state index >= 15 is 0 Å². The van der Waals surface area contributed by atoms with Crippen molar-refractivity contribution in [2.75, 3.05) is 26.2 Å². The third-order valence-corrected chi connectivity index (χ3v) is 10.6. The molecule has 0 radical (unpaired) electrons. The van der Waals surface area contributed by atoms with Crippen molar-refractivity contribution in [3.63, 3.8) is 0 Å². The summed E-state index contributed by atoms with van der Waals surface area (Å²) in [5.74, 6) is -0.757. The van der Waals surface area contributed by atoms with Gasteiger partial charge in [-0.25, -0.2) is 16.8 Å². The molecule has 194 valence electrons. The molecule has 3 rings (SSSR count). The maximum absolute atomic E-state index is 12.9. The van der Waals surface area contributed by atoms with Crippen molar-refractivity contribution in [3.8, 4) is 0 Å². The zero-order chi connectivity index (χ0) is 26.8. The second-order valence-corrected chi connectivity index (χ2v) is 13.8. The number of carboxylic acids is 1. The molecule has 8 nitrogen and oxygen atoms in total. The topological polar surface area (TPSA) is 112 Å². The molecule has 1 heterocycles. The highest BCUT2D eigenvalue weighted by molar-refractivity contribution is 7.90. The van der Waals surface area contributed by atoms with Crippen molar-refractivity contribution in [3.05, 3.63) is 56.5 Å². The summed E-state index contributed by atoms with van der Waals surface area (Å²) in [7, 11) is -7.95. The maximum atomic E-state index is 12.9. The van der Waals surface area contributed by atoms with E-state index in [1.165, 1.54) is 24.3 Å². The highest BCUT2D eigenvalue weighted by atomic mass is 35.5. The SMILES string of the molecule is CC(C)(C)C(=O)O.O=S(=O)(c1c(Cl)cccc1Cl)N1CCN(S(=O)(=O)c2c(Cl)cccc2Cl)CC1. The first-order chi connectivity index (χ1) is 16.0. The number of aliphatic carboxylic acids is 1. The van der Waals surface area contributed by atoms with Gasteiger partial charge in [0.1, 0.15) is 9.79 Å². The number of piperazine rings is 1. The van der Waals surface area contributed by atoms with Crippen molar-refractivity contribution in [2.24, 2.45) is 5.41 Å². The molecule has 2 aromatic carbocycles. The van der Waals surface area contributed by atoms with Crippen molar-refractivity contribution >= 4 is 72.4 Å². The Bertz CT molecular complexity index is 1170. The van der Waals surface area contributed by atoms with Crippen LogP contribution in [0.1, 0.15) is 20.8 Å². The molecule has 0 bridgehead atoms. The van der Waals surface area contributed by atoms with Crippen LogP contribution in [-0.2, 0) is 24.8 Å². The van der Waals surface area contributed by atoms with Gasteiger partial charge in [-0.15, -0.1) is 0 Å². The molecule has 0 atom stereocenters. The Morgan fingerprint density at radius 3 is 1.14 bits per heavy atom. The third-order valence-electron chi connectivity index (χ3n) is 4.87. The summed E-state index contributed by atoms with van der Waals surface area (Å²) >= 11 is 24.1. The Hall–Kier alpha value is -1.11. The second kappa shape index (κ2) is 11.5. The maximum Gasteiger partial charge on any atom is 0.308 e. The lowest BCUT2D eigenvalue weighted by Gasteiger charge is -2.33. The fraction of sp³-hybridized carbons (Fsp3) is 0.381. The number of sulfonamides is 2. The van der Waals surface area contributed by atoms with Crippen LogP contribution in [0.25, 0.3) is 0 Å². The molecule has 1 saturated heterocycles. The standard InChI is InChI=1S/C16H14Cl4N2O4S2.C5H10O2/c17-11-3-1-4-12(18)15(11)27(23,24)21-7-9-22(10-8-21)28(25,26)16-13(19)5-2-6-14(16)20;1-5(2,3)4(6)7/h1-6H,7-10H2;1-3H3,(H,6,7). The fourth-order valence-corrected chi connectivity index (χ4v) is 7.89. The van der Waals surface area contributed by atoms with Gasteiger partial charge in [-0.2, -0.15) is 8.61 Å². The van der Waals surface area contributed by atoms with Gasteiger partial charge in [0, 0.05) is 26.2 Å². The number of carbonyl (C=O) groups is 1. The predicted octanol–water partition coefficient (Wildman–Crippen LogP) is 5.11. The molecule has 0 saturated carbocycles. The zero-order valence-corrected chi connectivity index (χ0v) is 23.7. The molecule has 1 N–H and O–H groups in total. The Labute approximate surface area is 225 Å². The second-order valence-electron chi connectivity index (χ2n) is 8.46. The van der Waals surface area contributed by atoms with E-state index in [-0.39, 0.29) is 56.1 Å². The van der Waals surface area contributed by atoms with Gasteiger partial charge in [-0.3, -0.25) is 4.79 Å². The van der Waals surface area contributed by atoms with E-state index < -0.39 is 31.4 Å². The van der Waals surface area contributed by atoms with Crippen molar-refractivity contribution < 1.29 is 26.7 Å². The van der Waals surface area contributed by atoms with E-state index in [1.54, 1.807) is 32.9 Å². The summed E-state index contributed by atoms with van der Waals surface area (Å²) in [6.07, 6.45) is 0. The minimum absolute atomic E-state index is 0.00500. The molecule has 1 aliphatic heterocycles. The first-order valence-electron chi connectivity index (χ1n) is 10.1. The fourth-order valence-electron chi connectivity index (χ4n) is 2.87. The average Bonchev–Trinajstić information content (AvgIpc) is 2.73. The smallest absolute Gasteiger partial charge is 0.308 e. The number of nitrogens with zero attached hydrogens (tertiary/aromatic N) is 2. The zero-order valence-electron chi connectivity index (χ0n) is 19.0. The molecule has 0 aromatic heterocycles. The summed E-state index contributed by atoms with van der Waals surface area (Å²) in [5.41, 5.74) is -0.583. The van der Waals surface area contributed by atoms with Gasteiger partial charge in [0.15, 0.2) is 0 Å². The number of benzene rings is 2. The molecular weight excluding hydrogens is 582 g/mol. The number of hydrogen-bond donors (Lipinski definition) is 1. The molecule has 35 heavy (non-hydrogen) atoms.